The van der Waals surface area contributed by atoms with Crippen LogP contribution >= 0.6 is 0 Å². The average molecular weight is 1160 g/mol. The van der Waals surface area contributed by atoms with Gasteiger partial charge in [0.15, 0.2) is 11.6 Å². The molecule has 18 nitrogen and oxygen atoms in total. The maximum atomic E-state index is 17.1. The van der Waals surface area contributed by atoms with Gasteiger partial charge in [-0.25, -0.2) is 37.1 Å². The molecule has 22 heteroatoms. The number of nitrogens with one attached hydrogen (secondary N) is 4. The van der Waals surface area contributed by atoms with Gasteiger partial charge in [0.1, 0.15) is 41.1 Å². The van der Waals surface area contributed by atoms with Gasteiger partial charge in [-0.1, -0.05) is 20.8 Å². The number of anilines is 2. The second-order valence-corrected chi connectivity index (χ2v) is 25.9. The Balaban J connectivity index is 1.07. The minimum atomic E-state index is -1.10. The lowest BCUT2D eigenvalue weighted by Gasteiger charge is -2.40. The molecular formula is C61H82F4N10O8. The molecule has 0 spiro atoms. The number of hydrogen-bond acceptors (Lipinski definition) is 12. The van der Waals surface area contributed by atoms with Crippen molar-refractivity contribution in [1.82, 2.24) is 40.4 Å². The van der Waals surface area contributed by atoms with Crippen LogP contribution in [0.1, 0.15) is 174 Å². The first-order chi connectivity index (χ1) is 39.0. The number of ether oxygens (including phenoxy) is 4. The smallest absolute Gasteiger partial charge is 0.407 e. The minimum Gasteiger partial charge on any atom is -0.453 e. The van der Waals surface area contributed by atoms with Crippen LogP contribution in [-0.2, 0) is 28.5 Å². The third-order valence-corrected chi connectivity index (χ3v) is 16.8. The normalized spacial score (nSPS) is 21.7. The molecule has 4 saturated heterocycles. The molecule has 4 fully saturated rings. The van der Waals surface area contributed by atoms with Crippen molar-refractivity contribution in [3.05, 3.63) is 82.4 Å². The molecule has 0 bridgehead atoms. The van der Waals surface area contributed by atoms with E-state index in [1.165, 1.54) is 38.5 Å². The fourth-order valence-electron chi connectivity index (χ4n) is 13.1. The molecule has 83 heavy (non-hydrogen) atoms. The van der Waals surface area contributed by atoms with Crippen molar-refractivity contribution in [1.29, 1.82) is 0 Å². The van der Waals surface area contributed by atoms with E-state index in [4.69, 9.17) is 28.9 Å². The summed E-state index contributed by atoms with van der Waals surface area (Å²) in [5.74, 6) is -2.49. The number of likely N-dealkylation sites (tertiary alicyclic amines) is 2. The number of alkyl carbamates (subject to hydrolysis) is 2. The van der Waals surface area contributed by atoms with Crippen LogP contribution < -0.4 is 20.4 Å². The van der Waals surface area contributed by atoms with Crippen LogP contribution in [0.3, 0.4) is 0 Å². The molecule has 4 aliphatic rings. The zero-order valence-electron chi connectivity index (χ0n) is 50.1. The highest BCUT2D eigenvalue weighted by atomic mass is 19.1. The molecule has 452 valence electrons. The summed E-state index contributed by atoms with van der Waals surface area (Å²) in [6.45, 7) is 22.6. The topological polar surface area (TPSA) is 200 Å². The van der Waals surface area contributed by atoms with E-state index in [1.54, 1.807) is 45.6 Å². The first-order valence-corrected chi connectivity index (χ1v) is 29.1. The Bertz CT molecular complexity index is 3030. The lowest BCUT2D eigenvalue weighted by molar-refractivity contribution is -0.143. The summed E-state index contributed by atoms with van der Waals surface area (Å²) in [5, 5.41) is 5.31. The van der Waals surface area contributed by atoms with Crippen molar-refractivity contribution in [2.75, 3.05) is 50.2 Å². The standard InChI is InChI=1S/C61H82F4N10O8/c1-32(82-60(6,7)8)50(70-57(78)80-12)55(76)73-22-14-16-48(73)53-66-42-28-36(38(62)30-44(42)68-53)46-18-19-47(75(46)35-26-40(64)52(41(65)27-35)72-24-20-34(21-25-72)59(3,4)5)37-29-43-45(31-39(37)63)69-54(67-43)49-17-15-23-74(49)56(77)51(71-58(79)81-13)33(2)83-61(9,10)11/h26-34,46-51H,14-25H2,1-13H3,(H,66,68)(H,67,69)(H,70,78)(H,71,79)/t32-,33-,46-,47-,48+,49+,50+,51+/m1/s1. The van der Waals surface area contributed by atoms with E-state index in [-0.39, 0.29) is 40.8 Å². The summed E-state index contributed by atoms with van der Waals surface area (Å²) in [5.41, 5.74) is 0.476. The molecule has 9 rings (SSSR count). The number of halogens is 4. The van der Waals surface area contributed by atoms with Gasteiger partial charge >= 0.3 is 12.2 Å². The Labute approximate surface area is 483 Å². The SMILES string of the molecule is COC(=O)N[C@H](C(=O)N1CCC[C@H]1c1nc2cc([C@H]3CC[C@H](c4cc5nc([C@@H]6CCCN6C(=O)[C@@H](NC(=O)OC)[C@@H](C)OC(C)(C)C)[nH]c5cc4F)N3c3cc(F)c(N4CCC(C(C)(C)C)CC4)c(F)c3)c(F)cc2[nH]1)[C@@H](C)OC(C)(C)C. The van der Waals surface area contributed by atoms with E-state index in [1.807, 2.05) is 41.5 Å². The number of piperidine rings is 1. The lowest BCUT2D eigenvalue weighted by Crippen LogP contribution is -2.55. The Hall–Kier alpha value is -6.68. The fourth-order valence-corrected chi connectivity index (χ4v) is 13.1. The van der Waals surface area contributed by atoms with Gasteiger partial charge in [-0.15, -0.1) is 0 Å². The molecule has 0 aliphatic carbocycles. The maximum Gasteiger partial charge on any atom is 0.407 e. The molecule has 3 aromatic carbocycles. The quantitative estimate of drug-likeness (QED) is 0.0768. The van der Waals surface area contributed by atoms with Crippen molar-refractivity contribution >= 4 is 57.4 Å². The van der Waals surface area contributed by atoms with Crippen molar-refractivity contribution < 1.29 is 55.7 Å². The molecule has 0 saturated carbocycles. The van der Waals surface area contributed by atoms with Gasteiger partial charge in [0, 0.05) is 43.0 Å². The van der Waals surface area contributed by atoms with Crippen LogP contribution in [0.25, 0.3) is 22.1 Å². The summed E-state index contributed by atoms with van der Waals surface area (Å²) in [7, 11) is 2.42. The number of H-pyrrole nitrogens is 2. The minimum absolute atomic E-state index is 0.0349. The first kappa shape index (κ1) is 60.9. The average Bonchev–Trinajstić information content (AvgIpc) is 3.75. The van der Waals surface area contributed by atoms with Crippen molar-refractivity contribution in [2.45, 2.75) is 187 Å². The van der Waals surface area contributed by atoms with Gasteiger partial charge in [-0.3, -0.25) is 9.59 Å². The van der Waals surface area contributed by atoms with E-state index in [2.05, 4.69) is 41.4 Å². The van der Waals surface area contributed by atoms with E-state index in [9.17, 15) is 19.2 Å². The van der Waals surface area contributed by atoms with Crippen LogP contribution in [-0.4, -0.2) is 130 Å². The van der Waals surface area contributed by atoms with Crippen molar-refractivity contribution in [2.24, 2.45) is 11.3 Å². The van der Waals surface area contributed by atoms with Crippen LogP contribution in [0.4, 0.5) is 38.5 Å². The Morgan fingerprint density at radius 1 is 0.566 bits per heavy atom. The monoisotopic (exact) mass is 1160 g/mol. The number of carbonyl (C=O) groups is 4. The van der Waals surface area contributed by atoms with Gasteiger partial charge in [-0.2, -0.15) is 0 Å². The molecule has 6 heterocycles. The molecule has 0 radical (unpaired) electrons. The largest absolute Gasteiger partial charge is 0.453 e. The van der Waals surface area contributed by atoms with Crippen molar-refractivity contribution in [3.63, 3.8) is 0 Å². The third kappa shape index (κ3) is 13.0. The van der Waals surface area contributed by atoms with Crippen molar-refractivity contribution in [3.8, 4) is 0 Å². The van der Waals surface area contributed by atoms with Gasteiger partial charge in [-0.05, 0) is 154 Å². The Morgan fingerprint density at radius 3 is 1.35 bits per heavy atom. The zero-order chi connectivity index (χ0) is 60.2. The molecule has 5 aromatic rings. The number of hydrogen-bond donors (Lipinski definition) is 4. The number of nitrogens with zero attached hydrogens (tertiary/aromatic N) is 6. The van der Waals surface area contributed by atoms with Crippen LogP contribution in [0.2, 0.25) is 0 Å². The molecule has 4 N–H and O–H groups in total. The first-order valence-electron chi connectivity index (χ1n) is 29.1. The van der Waals surface area contributed by atoms with E-state index in [0.29, 0.717) is 91.5 Å². The molecule has 2 aromatic heterocycles. The fraction of sp³-hybridized carbons (Fsp3) is 0.607. The van der Waals surface area contributed by atoms with Gasteiger partial charge < -0.3 is 59.1 Å². The summed E-state index contributed by atoms with van der Waals surface area (Å²) >= 11 is 0. The third-order valence-electron chi connectivity index (χ3n) is 16.8. The number of amides is 4. The highest BCUT2D eigenvalue weighted by Crippen LogP contribution is 2.50. The second kappa shape index (κ2) is 23.8. The van der Waals surface area contributed by atoms with E-state index < -0.39 is 107 Å². The predicted molar refractivity (Wildman–Crippen MR) is 307 cm³/mol. The second-order valence-electron chi connectivity index (χ2n) is 25.9. The number of fused-ring (bicyclic) bond motifs is 2. The van der Waals surface area contributed by atoms with E-state index >= 15 is 17.6 Å². The van der Waals surface area contributed by atoms with Crippen LogP contribution in [0, 0.1) is 34.6 Å². The highest BCUT2D eigenvalue weighted by molar-refractivity contribution is 5.88. The number of imidazole rings is 2. The molecule has 4 aliphatic heterocycles. The van der Waals surface area contributed by atoms with E-state index in [0.717, 1.165) is 12.8 Å². The molecule has 0 unspecified atom stereocenters. The summed E-state index contributed by atoms with van der Waals surface area (Å²) in [6, 6.07) is 3.25. The van der Waals surface area contributed by atoms with Crippen LogP contribution in [0.15, 0.2) is 36.4 Å². The number of aromatic amines is 2. The molecule has 8 atom stereocenters. The predicted octanol–water partition coefficient (Wildman–Crippen LogP) is 11.5. The lowest BCUT2D eigenvalue weighted by atomic mass is 9.75. The summed E-state index contributed by atoms with van der Waals surface area (Å²) in [6.07, 6.45) is 1.20. The van der Waals surface area contributed by atoms with Gasteiger partial charge in [0.2, 0.25) is 11.8 Å². The molecule has 4 amide bonds. The Kier molecular flexibility index (Phi) is 17.4. The summed E-state index contributed by atoms with van der Waals surface area (Å²) < 4.78 is 90.0. The zero-order valence-corrected chi connectivity index (χ0v) is 50.1. The number of methoxy groups -OCH3 is 2. The number of benzene rings is 3. The van der Waals surface area contributed by atoms with Gasteiger partial charge in [0.25, 0.3) is 0 Å². The molecular weight excluding hydrogens is 1080 g/mol. The Morgan fingerprint density at radius 2 is 0.976 bits per heavy atom. The van der Waals surface area contributed by atoms with Crippen LogP contribution in [0.5, 0.6) is 0 Å². The maximum absolute atomic E-state index is 17.1. The number of aromatic nitrogens is 4. The highest BCUT2D eigenvalue weighted by Gasteiger charge is 2.44. The van der Waals surface area contributed by atoms with Gasteiger partial charge in [0.05, 0.1) is 83.9 Å². The number of rotatable bonds is 14. The number of carbonyl (C=O) groups excluding carboxylic acids is 4. The summed E-state index contributed by atoms with van der Waals surface area (Å²) in [4.78, 5) is 77.0.